The van der Waals surface area contributed by atoms with Crippen LogP contribution in [0, 0.1) is 34.5 Å². The van der Waals surface area contributed by atoms with Crippen LogP contribution in [0.3, 0.4) is 0 Å². The van der Waals surface area contributed by atoms with Gasteiger partial charge in [0.1, 0.15) is 11.9 Å². The van der Waals surface area contributed by atoms with Crippen LogP contribution in [0.5, 0.6) is 0 Å². The minimum Gasteiger partial charge on any atom is -0.434 e. The van der Waals surface area contributed by atoms with Gasteiger partial charge in [-0.2, -0.15) is 0 Å². The molecule has 0 amide bonds. The summed E-state index contributed by atoms with van der Waals surface area (Å²) in [6, 6.07) is 0. The highest BCUT2D eigenvalue weighted by Crippen LogP contribution is 2.65. The number of fused-ring (bicyclic) bond motifs is 5. The fourth-order valence-electron chi connectivity index (χ4n) is 8.05. The first-order valence-corrected chi connectivity index (χ1v) is 16.0. The Kier molecular flexibility index (Phi) is 7.42. The minimum absolute atomic E-state index is 0.146. The van der Waals surface area contributed by atoms with Crippen molar-refractivity contribution < 1.29 is 47.8 Å². The fourth-order valence-corrected chi connectivity index (χ4v) is 10.5. The SMILES string of the molecule is C[C@]12CC[C@H](OC(=O)OCCC(P(=O)(O)O)P(=O)(O)O)C[C@@H]1CC[C@@H]1[C@@H]2CC[C@]2(C)C(=O)CC[C@@H]12. The number of carbonyl (C=O) groups is 2. The Hall–Kier alpha value is -0.760. The molecule has 0 bridgehead atoms. The van der Waals surface area contributed by atoms with Crippen LogP contribution in [0.25, 0.3) is 0 Å². The van der Waals surface area contributed by atoms with Gasteiger partial charge in [-0.05, 0) is 80.5 Å². The van der Waals surface area contributed by atoms with Crippen LogP contribution in [0.1, 0.15) is 78.1 Å². The van der Waals surface area contributed by atoms with E-state index >= 15 is 0 Å². The maximum atomic E-state index is 12.6. The van der Waals surface area contributed by atoms with Crippen LogP contribution in [0.15, 0.2) is 0 Å². The first-order chi connectivity index (χ1) is 16.2. The molecule has 4 saturated carbocycles. The molecule has 4 aliphatic carbocycles. The highest BCUT2D eigenvalue weighted by atomic mass is 31.2. The van der Waals surface area contributed by atoms with Crippen LogP contribution < -0.4 is 0 Å². The lowest BCUT2D eigenvalue weighted by Crippen LogP contribution is -2.54. The molecular weight excluding hydrogens is 498 g/mol. The molecule has 0 unspecified atom stereocenters. The summed E-state index contributed by atoms with van der Waals surface area (Å²) < 4.78 is 33.1. The quantitative estimate of drug-likeness (QED) is 0.285. The molecule has 0 aromatic heterocycles. The maximum absolute atomic E-state index is 12.6. The largest absolute Gasteiger partial charge is 0.508 e. The zero-order chi connectivity index (χ0) is 25.8. The van der Waals surface area contributed by atoms with Crippen molar-refractivity contribution >= 4 is 27.1 Å². The number of Topliss-reactive ketones (excluding diaryl/α,β-unsaturated/α-hetero) is 1. The van der Waals surface area contributed by atoms with Gasteiger partial charge in [0.15, 0.2) is 5.40 Å². The molecule has 10 nitrogen and oxygen atoms in total. The van der Waals surface area contributed by atoms with E-state index in [4.69, 9.17) is 29.0 Å². The molecule has 7 atom stereocenters. The van der Waals surface area contributed by atoms with E-state index in [1.807, 2.05) is 0 Å². The van der Waals surface area contributed by atoms with E-state index in [0.29, 0.717) is 42.3 Å². The van der Waals surface area contributed by atoms with Crippen molar-refractivity contribution in [3.05, 3.63) is 0 Å². The summed E-state index contributed by atoms with van der Waals surface area (Å²) >= 11 is 0. The molecule has 4 fully saturated rings. The van der Waals surface area contributed by atoms with Crippen molar-refractivity contribution in [3.8, 4) is 0 Å². The van der Waals surface area contributed by atoms with E-state index in [-0.39, 0.29) is 16.9 Å². The smallest absolute Gasteiger partial charge is 0.434 e. The third-order valence-electron chi connectivity index (χ3n) is 9.96. The van der Waals surface area contributed by atoms with Crippen molar-refractivity contribution in [3.63, 3.8) is 0 Å². The second kappa shape index (κ2) is 9.52. The van der Waals surface area contributed by atoms with E-state index < -0.39 is 39.8 Å². The summed E-state index contributed by atoms with van der Waals surface area (Å²) in [4.78, 5) is 61.4. The van der Waals surface area contributed by atoms with Gasteiger partial charge in [0.25, 0.3) is 0 Å². The number of hydrogen-bond acceptors (Lipinski definition) is 6. The van der Waals surface area contributed by atoms with Gasteiger partial charge >= 0.3 is 21.3 Å². The first-order valence-electron chi connectivity index (χ1n) is 12.6. The van der Waals surface area contributed by atoms with Crippen LogP contribution in [0.4, 0.5) is 4.79 Å². The lowest BCUT2D eigenvalue weighted by molar-refractivity contribution is -0.143. The number of ether oxygens (including phenoxy) is 2. The summed E-state index contributed by atoms with van der Waals surface area (Å²) in [7, 11) is -10.1. The Morgan fingerprint density at radius 2 is 1.69 bits per heavy atom. The second-order valence-corrected chi connectivity index (χ2v) is 15.6. The van der Waals surface area contributed by atoms with Crippen molar-refractivity contribution in [1.29, 1.82) is 0 Å². The van der Waals surface area contributed by atoms with Crippen LogP contribution in [0.2, 0.25) is 0 Å². The summed E-state index contributed by atoms with van der Waals surface area (Å²) in [6.45, 7) is 3.99. The van der Waals surface area contributed by atoms with Crippen molar-refractivity contribution in [2.45, 2.75) is 89.6 Å². The Bertz CT molecular complexity index is 921. The van der Waals surface area contributed by atoms with Gasteiger partial charge in [0.05, 0.1) is 6.61 Å². The predicted octanol–water partition coefficient (Wildman–Crippen LogP) is 4.19. The minimum atomic E-state index is -5.06. The highest BCUT2D eigenvalue weighted by Gasteiger charge is 2.60. The fraction of sp³-hybridized carbons (Fsp3) is 0.913. The molecule has 0 saturated heterocycles. The zero-order valence-electron chi connectivity index (χ0n) is 20.4. The Labute approximate surface area is 205 Å². The molecule has 0 aromatic carbocycles. The van der Waals surface area contributed by atoms with Crippen molar-refractivity contribution in [2.24, 2.45) is 34.5 Å². The average molecular weight is 536 g/mol. The number of rotatable bonds is 6. The van der Waals surface area contributed by atoms with E-state index in [2.05, 4.69) is 13.8 Å². The molecule has 4 N–H and O–H groups in total. The van der Waals surface area contributed by atoms with Gasteiger partial charge in [-0.1, -0.05) is 13.8 Å². The lowest BCUT2D eigenvalue weighted by Gasteiger charge is -2.60. The second-order valence-electron chi connectivity index (χ2n) is 11.6. The summed E-state index contributed by atoms with van der Waals surface area (Å²) in [5.74, 6) is 2.50. The predicted molar refractivity (Wildman–Crippen MR) is 125 cm³/mol. The van der Waals surface area contributed by atoms with E-state index in [1.54, 1.807) is 0 Å². The third-order valence-corrected chi connectivity index (χ3v) is 13.8. The molecule has 12 heteroatoms. The monoisotopic (exact) mass is 536 g/mol. The van der Waals surface area contributed by atoms with E-state index in [9.17, 15) is 18.7 Å². The Balaban J connectivity index is 1.31. The van der Waals surface area contributed by atoms with E-state index in [1.165, 1.54) is 0 Å². The molecule has 4 rings (SSSR count). The first kappa shape index (κ1) is 27.3. The molecule has 0 aromatic rings. The molecule has 35 heavy (non-hydrogen) atoms. The van der Waals surface area contributed by atoms with Gasteiger partial charge in [0.2, 0.25) is 0 Å². The Morgan fingerprint density at radius 3 is 2.34 bits per heavy atom. The number of hydrogen-bond donors (Lipinski definition) is 4. The molecule has 200 valence electrons. The van der Waals surface area contributed by atoms with Crippen molar-refractivity contribution in [2.75, 3.05) is 6.61 Å². The number of ketones is 1. The molecule has 0 spiro atoms. The molecule has 0 heterocycles. The van der Waals surface area contributed by atoms with Gasteiger partial charge in [0, 0.05) is 18.3 Å². The normalized spacial score (nSPS) is 39.5. The van der Waals surface area contributed by atoms with Crippen LogP contribution in [-0.4, -0.2) is 49.6 Å². The highest BCUT2D eigenvalue weighted by molar-refractivity contribution is 7.70. The summed E-state index contributed by atoms with van der Waals surface area (Å²) in [5, 5.41) is -2.21. The van der Waals surface area contributed by atoms with Gasteiger partial charge < -0.3 is 29.0 Å². The summed E-state index contributed by atoms with van der Waals surface area (Å²) in [5.41, 5.74) is 0.00667. The zero-order valence-corrected chi connectivity index (χ0v) is 22.2. The molecular formula is C23H38O10P2. The van der Waals surface area contributed by atoms with Gasteiger partial charge in [-0.3, -0.25) is 13.9 Å². The Morgan fingerprint density at radius 1 is 1.00 bits per heavy atom. The molecule has 4 aliphatic rings. The standard InChI is InChI=1S/C23H38O10P2/c1-22-10-7-15(33-21(25)32-12-9-20(34(26,27)28)35(29,30)31)13-14(22)3-4-16-17-5-6-19(24)23(17,2)11-8-18(16)22/h14-18,20H,3-13H2,1-2H3,(H2,26,27,28)(H2,29,30,31)/t14-,15-,16-,17-,18-,22-,23-/m0/s1. The lowest BCUT2D eigenvalue weighted by atomic mass is 9.45. The molecule has 0 radical (unpaired) electrons. The van der Waals surface area contributed by atoms with Gasteiger partial charge in [-0.25, -0.2) is 4.79 Å². The maximum Gasteiger partial charge on any atom is 0.508 e. The number of carbonyl (C=O) groups excluding carboxylic acids is 2. The average Bonchev–Trinajstić information content (AvgIpc) is 3.04. The topological polar surface area (TPSA) is 168 Å². The summed E-state index contributed by atoms with van der Waals surface area (Å²) in [6.07, 6.45) is 6.28. The van der Waals surface area contributed by atoms with Crippen LogP contribution in [-0.2, 0) is 23.4 Å². The van der Waals surface area contributed by atoms with Crippen LogP contribution >= 0.6 is 15.2 Å². The third kappa shape index (κ3) is 5.17. The molecule has 0 aliphatic heterocycles. The van der Waals surface area contributed by atoms with Gasteiger partial charge in [-0.15, -0.1) is 0 Å². The van der Waals surface area contributed by atoms with Crippen molar-refractivity contribution in [1.82, 2.24) is 0 Å². The van der Waals surface area contributed by atoms with E-state index in [0.717, 1.165) is 44.9 Å².